The first-order valence-electron chi connectivity index (χ1n) is 10.5. The Morgan fingerprint density at radius 1 is 1.00 bits per heavy atom. The molecule has 31 heavy (non-hydrogen) atoms. The van der Waals surface area contributed by atoms with Gasteiger partial charge in [0.05, 0.1) is 41.6 Å². The van der Waals surface area contributed by atoms with Crippen molar-refractivity contribution in [3.05, 3.63) is 72.7 Å². The number of rotatable bonds is 5. The summed E-state index contributed by atoms with van der Waals surface area (Å²) in [5.41, 5.74) is 5.56. The molecule has 0 spiro atoms. The van der Waals surface area contributed by atoms with E-state index in [0.29, 0.717) is 6.04 Å². The molecule has 1 aliphatic heterocycles. The Labute approximate surface area is 180 Å². The van der Waals surface area contributed by atoms with Gasteiger partial charge in [-0.2, -0.15) is 5.10 Å². The number of carboxylic acid groups (broad SMARTS) is 1. The fourth-order valence-electron chi connectivity index (χ4n) is 4.15. The highest BCUT2D eigenvalue weighted by Crippen LogP contribution is 2.28. The zero-order valence-corrected chi connectivity index (χ0v) is 17.1. The summed E-state index contributed by atoms with van der Waals surface area (Å²) in [5, 5.41) is 13.5. The van der Waals surface area contributed by atoms with Crippen LogP contribution in [0.2, 0.25) is 0 Å². The Morgan fingerprint density at radius 2 is 1.74 bits per heavy atom. The molecule has 1 fully saturated rings. The van der Waals surface area contributed by atoms with E-state index in [9.17, 15) is 4.79 Å². The van der Waals surface area contributed by atoms with Gasteiger partial charge in [0, 0.05) is 30.5 Å². The van der Waals surface area contributed by atoms with E-state index in [1.54, 1.807) is 6.20 Å². The van der Waals surface area contributed by atoms with Crippen LogP contribution in [0.4, 0.5) is 5.69 Å². The summed E-state index contributed by atoms with van der Waals surface area (Å²) < 4.78 is 2.06. The van der Waals surface area contributed by atoms with Crippen molar-refractivity contribution >= 4 is 22.7 Å². The third-order valence-corrected chi connectivity index (χ3v) is 5.84. The van der Waals surface area contributed by atoms with Crippen molar-refractivity contribution in [1.29, 1.82) is 0 Å². The molecule has 0 amide bonds. The number of para-hydroxylation sites is 2. The number of nitrogens with zero attached hydrogens (tertiary/aromatic N) is 5. The number of fused-ring (bicyclic) bond motifs is 1. The van der Waals surface area contributed by atoms with Gasteiger partial charge in [-0.15, -0.1) is 0 Å². The summed E-state index contributed by atoms with van der Waals surface area (Å²) in [7, 11) is 0. The van der Waals surface area contributed by atoms with E-state index in [4.69, 9.17) is 10.1 Å². The normalized spacial score (nSPS) is 14.8. The first-order valence-corrected chi connectivity index (χ1v) is 10.5. The number of benzene rings is 2. The smallest absolute Gasteiger partial charge is 0.307 e. The summed E-state index contributed by atoms with van der Waals surface area (Å²) >= 11 is 0. The number of aliphatic carboxylic acids is 1. The van der Waals surface area contributed by atoms with E-state index in [2.05, 4.69) is 25.9 Å². The number of carbonyl (C=O) groups is 1. The maximum absolute atomic E-state index is 10.9. The molecule has 1 aliphatic rings. The van der Waals surface area contributed by atoms with Gasteiger partial charge in [0.25, 0.3) is 0 Å². The SMILES string of the molecule is O=C(O)Cc1ccc(N2CCC(n3cc(-c4cnc5ccccc5n4)cn3)CC2)cc1. The largest absolute Gasteiger partial charge is 0.481 e. The molecule has 3 heterocycles. The highest BCUT2D eigenvalue weighted by atomic mass is 16.4. The number of hydrogen-bond donors (Lipinski definition) is 1. The van der Waals surface area contributed by atoms with Crippen LogP contribution in [-0.4, -0.2) is 43.9 Å². The molecule has 0 saturated carbocycles. The van der Waals surface area contributed by atoms with E-state index < -0.39 is 5.97 Å². The number of aromatic nitrogens is 4. The lowest BCUT2D eigenvalue weighted by Gasteiger charge is -2.33. The molecule has 156 valence electrons. The van der Waals surface area contributed by atoms with Crippen LogP contribution >= 0.6 is 0 Å². The molecular weight excluding hydrogens is 390 g/mol. The van der Waals surface area contributed by atoms with Crippen LogP contribution in [0.3, 0.4) is 0 Å². The third-order valence-electron chi connectivity index (χ3n) is 5.84. The maximum atomic E-state index is 10.9. The van der Waals surface area contributed by atoms with Crippen molar-refractivity contribution in [2.45, 2.75) is 25.3 Å². The molecule has 2 aromatic heterocycles. The molecule has 0 aliphatic carbocycles. The van der Waals surface area contributed by atoms with Crippen LogP contribution in [0, 0.1) is 0 Å². The molecule has 0 atom stereocenters. The second kappa shape index (κ2) is 8.18. The fourth-order valence-corrected chi connectivity index (χ4v) is 4.15. The van der Waals surface area contributed by atoms with E-state index in [1.807, 2.05) is 54.7 Å². The molecule has 4 aromatic rings. The van der Waals surface area contributed by atoms with Crippen molar-refractivity contribution in [2.75, 3.05) is 18.0 Å². The molecule has 1 saturated heterocycles. The van der Waals surface area contributed by atoms with Crippen LogP contribution in [-0.2, 0) is 11.2 Å². The van der Waals surface area contributed by atoms with Crippen molar-refractivity contribution in [3.8, 4) is 11.3 Å². The minimum atomic E-state index is -0.804. The summed E-state index contributed by atoms with van der Waals surface area (Å²) in [6.45, 7) is 1.88. The van der Waals surface area contributed by atoms with Gasteiger partial charge in [0.2, 0.25) is 0 Å². The minimum absolute atomic E-state index is 0.0611. The average molecular weight is 413 g/mol. The average Bonchev–Trinajstić information content (AvgIpc) is 3.29. The van der Waals surface area contributed by atoms with Gasteiger partial charge >= 0.3 is 5.97 Å². The molecule has 7 nitrogen and oxygen atoms in total. The lowest BCUT2D eigenvalue weighted by Crippen LogP contribution is -2.34. The van der Waals surface area contributed by atoms with Gasteiger partial charge in [-0.25, -0.2) is 4.98 Å². The van der Waals surface area contributed by atoms with E-state index in [1.165, 1.54) is 0 Å². The van der Waals surface area contributed by atoms with Crippen LogP contribution in [0.5, 0.6) is 0 Å². The van der Waals surface area contributed by atoms with Crippen LogP contribution in [0.1, 0.15) is 24.4 Å². The Kier molecular flexibility index (Phi) is 5.08. The molecule has 5 rings (SSSR count). The quantitative estimate of drug-likeness (QED) is 0.533. The van der Waals surface area contributed by atoms with Gasteiger partial charge in [0.1, 0.15) is 0 Å². The molecule has 7 heteroatoms. The van der Waals surface area contributed by atoms with Gasteiger partial charge in [-0.05, 0) is 42.7 Å². The van der Waals surface area contributed by atoms with Crippen molar-refractivity contribution < 1.29 is 9.90 Å². The van der Waals surface area contributed by atoms with Crippen LogP contribution < -0.4 is 4.90 Å². The van der Waals surface area contributed by atoms with Crippen molar-refractivity contribution in [2.24, 2.45) is 0 Å². The lowest BCUT2D eigenvalue weighted by atomic mass is 10.0. The van der Waals surface area contributed by atoms with E-state index >= 15 is 0 Å². The van der Waals surface area contributed by atoms with Crippen LogP contribution in [0.25, 0.3) is 22.3 Å². The predicted octanol–water partition coefficient (Wildman–Crippen LogP) is 3.96. The van der Waals surface area contributed by atoms with Crippen molar-refractivity contribution in [3.63, 3.8) is 0 Å². The van der Waals surface area contributed by atoms with Gasteiger partial charge in [-0.1, -0.05) is 24.3 Å². The van der Waals surface area contributed by atoms with Crippen molar-refractivity contribution in [1.82, 2.24) is 19.7 Å². The minimum Gasteiger partial charge on any atom is -0.481 e. The first kappa shape index (κ1) is 19.2. The predicted molar refractivity (Wildman–Crippen MR) is 119 cm³/mol. The lowest BCUT2D eigenvalue weighted by molar-refractivity contribution is -0.136. The summed E-state index contributed by atoms with van der Waals surface area (Å²) in [6.07, 6.45) is 7.81. The Hall–Kier alpha value is -3.74. The molecule has 2 aromatic carbocycles. The topological polar surface area (TPSA) is 84.1 Å². The molecular formula is C24H23N5O2. The number of hydrogen-bond acceptors (Lipinski definition) is 5. The second-order valence-electron chi connectivity index (χ2n) is 7.91. The maximum Gasteiger partial charge on any atom is 0.307 e. The summed E-state index contributed by atoms with van der Waals surface area (Å²) in [6, 6.07) is 16.1. The Bertz CT molecular complexity index is 1210. The molecule has 1 N–H and O–H groups in total. The third kappa shape index (κ3) is 4.12. The Balaban J connectivity index is 1.25. The molecule has 0 unspecified atom stereocenters. The van der Waals surface area contributed by atoms with Gasteiger partial charge in [-0.3, -0.25) is 14.5 Å². The number of carboxylic acids is 1. The highest BCUT2D eigenvalue weighted by molar-refractivity contribution is 5.76. The molecule has 0 bridgehead atoms. The zero-order valence-electron chi connectivity index (χ0n) is 17.1. The van der Waals surface area contributed by atoms with Gasteiger partial charge < -0.3 is 10.0 Å². The monoisotopic (exact) mass is 413 g/mol. The van der Waals surface area contributed by atoms with Gasteiger partial charge in [0.15, 0.2) is 0 Å². The summed E-state index contributed by atoms with van der Waals surface area (Å²) in [5.74, 6) is -0.804. The van der Waals surface area contributed by atoms with E-state index in [-0.39, 0.29) is 6.42 Å². The second-order valence-corrected chi connectivity index (χ2v) is 7.91. The van der Waals surface area contributed by atoms with E-state index in [0.717, 1.165) is 59.5 Å². The standard InChI is InChI=1S/C24H23N5O2/c30-24(31)13-17-5-7-19(8-6-17)28-11-9-20(10-12-28)29-16-18(14-26-29)23-15-25-21-3-1-2-4-22(21)27-23/h1-8,14-16,20H,9-13H2,(H,30,31). The number of piperidine rings is 1. The van der Waals surface area contributed by atoms with Crippen LogP contribution in [0.15, 0.2) is 67.1 Å². The summed E-state index contributed by atoms with van der Waals surface area (Å²) in [4.78, 5) is 22.4. The Morgan fingerprint density at radius 3 is 2.48 bits per heavy atom. The number of anilines is 1. The zero-order chi connectivity index (χ0) is 21.2. The highest BCUT2D eigenvalue weighted by Gasteiger charge is 2.22. The molecule has 0 radical (unpaired) electrons. The first-order chi connectivity index (χ1) is 15.2. The fraction of sp³-hybridized carbons (Fsp3) is 0.250.